The largest absolute Gasteiger partial charge is 0.369 e. The van der Waals surface area contributed by atoms with Crippen LogP contribution in [0.4, 0.5) is 11.4 Å². The van der Waals surface area contributed by atoms with E-state index < -0.39 is 10.0 Å². The second-order valence-corrected chi connectivity index (χ2v) is 9.58. The van der Waals surface area contributed by atoms with E-state index in [9.17, 15) is 13.2 Å². The summed E-state index contributed by atoms with van der Waals surface area (Å²) in [6.07, 6.45) is 0. The molecule has 0 saturated carbocycles. The van der Waals surface area contributed by atoms with Crippen molar-refractivity contribution >= 4 is 27.3 Å². The Morgan fingerprint density at radius 1 is 0.844 bits per heavy atom. The first-order chi connectivity index (χ1) is 15.5. The van der Waals surface area contributed by atoms with Crippen molar-refractivity contribution in [1.82, 2.24) is 4.31 Å². The fourth-order valence-electron chi connectivity index (χ4n) is 3.97. The zero-order chi connectivity index (χ0) is 22.6. The number of carbonyl (C=O) groups excluding carboxylic acids is 1. The van der Waals surface area contributed by atoms with E-state index in [1.165, 1.54) is 10.4 Å². The molecule has 1 amide bonds. The first-order valence-corrected chi connectivity index (χ1v) is 12.2. The summed E-state index contributed by atoms with van der Waals surface area (Å²) < 4.78 is 28.1. The Hall–Kier alpha value is -3.16. The molecule has 1 aliphatic rings. The molecule has 0 bridgehead atoms. The van der Waals surface area contributed by atoms with E-state index in [-0.39, 0.29) is 10.8 Å². The van der Waals surface area contributed by atoms with Gasteiger partial charge in [-0.3, -0.25) is 4.79 Å². The highest BCUT2D eigenvalue weighted by Gasteiger charge is 2.29. The average Bonchev–Trinajstić information content (AvgIpc) is 2.86. The Bertz CT molecular complexity index is 1160. The summed E-state index contributed by atoms with van der Waals surface area (Å²) in [7, 11) is -3.68. The van der Waals surface area contributed by atoms with E-state index in [4.69, 9.17) is 0 Å². The molecule has 0 unspecified atom stereocenters. The molecule has 0 radical (unpaired) electrons. The van der Waals surface area contributed by atoms with Gasteiger partial charge in [0.1, 0.15) is 0 Å². The highest BCUT2D eigenvalue weighted by atomic mass is 32.2. The summed E-state index contributed by atoms with van der Waals surface area (Å²) >= 11 is 0. The van der Waals surface area contributed by atoms with E-state index in [1.54, 1.807) is 23.1 Å². The van der Waals surface area contributed by atoms with Gasteiger partial charge >= 0.3 is 0 Å². The quantitative estimate of drug-likeness (QED) is 0.573. The molecule has 7 heteroatoms. The molecule has 0 spiro atoms. The number of rotatable bonds is 6. The third kappa shape index (κ3) is 4.54. The number of carbonyl (C=O) groups is 1. The van der Waals surface area contributed by atoms with Crippen molar-refractivity contribution in [2.45, 2.75) is 11.8 Å². The van der Waals surface area contributed by atoms with Gasteiger partial charge in [0.05, 0.1) is 4.90 Å². The van der Waals surface area contributed by atoms with Crippen LogP contribution < -0.4 is 9.80 Å². The first kappa shape index (κ1) is 22.0. The smallest absolute Gasteiger partial charge is 0.258 e. The number of benzene rings is 3. The van der Waals surface area contributed by atoms with E-state index in [0.717, 1.165) is 11.4 Å². The van der Waals surface area contributed by atoms with Crippen LogP contribution in [0, 0.1) is 0 Å². The zero-order valence-corrected chi connectivity index (χ0v) is 18.9. The maximum absolute atomic E-state index is 13.3. The number of para-hydroxylation sites is 2. The molecule has 6 nitrogen and oxygen atoms in total. The lowest BCUT2D eigenvalue weighted by atomic mass is 10.2. The molecular weight excluding hydrogens is 422 g/mol. The first-order valence-electron chi connectivity index (χ1n) is 10.8. The molecule has 0 N–H and O–H groups in total. The van der Waals surface area contributed by atoms with Crippen LogP contribution in [0.3, 0.4) is 0 Å². The number of sulfonamides is 1. The maximum Gasteiger partial charge on any atom is 0.258 e. The molecule has 3 aromatic carbocycles. The number of nitrogens with zero attached hydrogens (tertiary/aromatic N) is 3. The monoisotopic (exact) mass is 449 g/mol. The zero-order valence-electron chi connectivity index (χ0n) is 18.1. The lowest BCUT2D eigenvalue weighted by Gasteiger charge is -2.35. The minimum absolute atomic E-state index is 0.153. The predicted octanol–water partition coefficient (Wildman–Crippen LogP) is 3.86. The van der Waals surface area contributed by atoms with Crippen LogP contribution in [0.1, 0.15) is 17.3 Å². The van der Waals surface area contributed by atoms with Crippen molar-refractivity contribution in [2.24, 2.45) is 0 Å². The molecule has 0 aromatic heterocycles. The molecule has 166 valence electrons. The fraction of sp³-hybridized carbons (Fsp3) is 0.240. The van der Waals surface area contributed by atoms with Gasteiger partial charge in [0.2, 0.25) is 10.0 Å². The van der Waals surface area contributed by atoms with Crippen LogP contribution in [-0.4, -0.2) is 51.4 Å². The summed E-state index contributed by atoms with van der Waals surface area (Å²) in [5, 5.41) is 0. The Labute approximate surface area is 189 Å². The van der Waals surface area contributed by atoms with Gasteiger partial charge in [-0.05, 0) is 49.4 Å². The van der Waals surface area contributed by atoms with Crippen LogP contribution in [0.25, 0.3) is 0 Å². The van der Waals surface area contributed by atoms with Crippen molar-refractivity contribution in [1.29, 1.82) is 0 Å². The number of hydrogen-bond donors (Lipinski definition) is 0. The number of piperazine rings is 1. The van der Waals surface area contributed by atoms with E-state index >= 15 is 0 Å². The van der Waals surface area contributed by atoms with Crippen LogP contribution in [0.2, 0.25) is 0 Å². The van der Waals surface area contributed by atoms with E-state index in [2.05, 4.69) is 4.90 Å². The normalized spacial score (nSPS) is 14.8. The second-order valence-electron chi connectivity index (χ2n) is 7.64. The summed E-state index contributed by atoms with van der Waals surface area (Å²) in [6, 6.07) is 25.7. The topological polar surface area (TPSA) is 60.9 Å². The summed E-state index contributed by atoms with van der Waals surface area (Å²) in [5.74, 6) is -0.218. The maximum atomic E-state index is 13.3. The van der Waals surface area contributed by atoms with Crippen LogP contribution >= 0.6 is 0 Å². The number of anilines is 2. The van der Waals surface area contributed by atoms with Crippen LogP contribution in [0.15, 0.2) is 89.8 Å². The molecule has 32 heavy (non-hydrogen) atoms. The molecular formula is C25H27N3O3S. The molecule has 1 saturated heterocycles. The lowest BCUT2D eigenvalue weighted by molar-refractivity contribution is 0.0988. The molecule has 1 heterocycles. The van der Waals surface area contributed by atoms with Crippen molar-refractivity contribution in [3.05, 3.63) is 90.5 Å². The lowest BCUT2D eigenvalue weighted by Crippen LogP contribution is -2.48. The Balaban J connectivity index is 1.52. The molecule has 0 atom stereocenters. The molecule has 1 fully saturated rings. The fourth-order valence-corrected chi connectivity index (χ4v) is 5.44. The molecule has 1 aliphatic heterocycles. The van der Waals surface area contributed by atoms with Gasteiger partial charge in [0.15, 0.2) is 0 Å². The summed E-state index contributed by atoms with van der Waals surface area (Å²) in [6.45, 7) is 4.44. The standard InChI is InChI=1S/C25H27N3O3S/c1-2-28(23-13-7-4-8-14-23)25(29)21-10-9-15-24(20-21)32(30,31)27-18-16-26(17-19-27)22-11-5-3-6-12-22/h3-15,20H,2,16-19H2,1H3. The van der Waals surface area contributed by atoms with Gasteiger partial charge in [-0.15, -0.1) is 0 Å². The predicted molar refractivity (Wildman–Crippen MR) is 128 cm³/mol. The van der Waals surface area contributed by atoms with Crippen LogP contribution in [0.5, 0.6) is 0 Å². The highest BCUT2D eigenvalue weighted by molar-refractivity contribution is 7.89. The Morgan fingerprint density at radius 2 is 1.47 bits per heavy atom. The van der Waals surface area contributed by atoms with E-state index in [0.29, 0.717) is 38.3 Å². The van der Waals surface area contributed by atoms with Gasteiger partial charge in [0.25, 0.3) is 5.91 Å². The highest BCUT2D eigenvalue weighted by Crippen LogP contribution is 2.23. The van der Waals surface area contributed by atoms with E-state index in [1.807, 2.05) is 67.6 Å². The van der Waals surface area contributed by atoms with Crippen molar-refractivity contribution in [3.8, 4) is 0 Å². The van der Waals surface area contributed by atoms with Gasteiger partial charge in [-0.25, -0.2) is 8.42 Å². The summed E-state index contributed by atoms with van der Waals surface area (Å²) in [5.41, 5.74) is 2.24. The SMILES string of the molecule is CCN(C(=O)c1cccc(S(=O)(=O)N2CCN(c3ccccc3)CC2)c1)c1ccccc1. The summed E-state index contributed by atoms with van der Waals surface area (Å²) in [4.78, 5) is 17.1. The minimum atomic E-state index is -3.68. The average molecular weight is 450 g/mol. The van der Waals surface area contributed by atoms with Crippen molar-refractivity contribution < 1.29 is 13.2 Å². The third-order valence-electron chi connectivity index (χ3n) is 5.71. The molecule has 0 aliphatic carbocycles. The van der Waals surface area contributed by atoms with Gasteiger partial charge < -0.3 is 9.80 Å². The number of amides is 1. The molecule has 4 rings (SSSR count). The Morgan fingerprint density at radius 3 is 2.09 bits per heavy atom. The second kappa shape index (κ2) is 9.54. The Kier molecular flexibility index (Phi) is 6.58. The van der Waals surface area contributed by atoms with Crippen molar-refractivity contribution in [3.63, 3.8) is 0 Å². The third-order valence-corrected chi connectivity index (χ3v) is 7.60. The van der Waals surface area contributed by atoms with Crippen LogP contribution in [-0.2, 0) is 10.0 Å². The molecule has 3 aromatic rings. The van der Waals surface area contributed by atoms with Crippen molar-refractivity contribution in [2.75, 3.05) is 42.5 Å². The van der Waals surface area contributed by atoms with Gasteiger partial charge in [0, 0.05) is 49.7 Å². The number of hydrogen-bond acceptors (Lipinski definition) is 4. The van der Waals surface area contributed by atoms with Gasteiger partial charge in [-0.2, -0.15) is 4.31 Å². The minimum Gasteiger partial charge on any atom is -0.369 e. The van der Waals surface area contributed by atoms with Gasteiger partial charge in [-0.1, -0.05) is 42.5 Å².